The lowest BCUT2D eigenvalue weighted by Gasteiger charge is -2.29. The van der Waals surface area contributed by atoms with Gasteiger partial charge in [-0.05, 0) is 80.9 Å². The standard InChI is InChI=1S/C24H25ClN2O4S/c1-5-15-7-9-17(10-8-15)27-23(29)18(22(28)26-24(27)32)11-16-12-19(25)21(31-14(3)4)20(13-16)30-6-2/h7-14H,5-6H2,1-4H3,(H,26,28,32). The maximum atomic E-state index is 13.2. The Kier molecular flexibility index (Phi) is 7.53. The monoisotopic (exact) mass is 472 g/mol. The van der Waals surface area contributed by atoms with E-state index in [9.17, 15) is 9.59 Å². The van der Waals surface area contributed by atoms with Gasteiger partial charge in [0.05, 0.1) is 23.4 Å². The minimum Gasteiger partial charge on any atom is -0.490 e. The quantitative estimate of drug-likeness (QED) is 0.352. The second kappa shape index (κ2) is 10.1. The van der Waals surface area contributed by atoms with Crippen molar-refractivity contribution in [2.45, 2.75) is 40.2 Å². The normalized spacial score (nSPS) is 15.4. The van der Waals surface area contributed by atoms with Crippen molar-refractivity contribution in [3.05, 3.63) is 58.1 Å². The van der Waals surface area contributed by atoms with Crippen LogP contribution in [0.25, 0.3) is 6.08 Å². The number of carbonyl (C=O) groups is 2. The first kappa shape index (κ1) is 23.8. The van der Waals surface area contributed by atoms with Gasteiger partial charge in [0, 0.05) is 0 Å². The number of hydrogen-bond acceptors (Lipinski definition) is 5. The molecule has 1 aliphatic rings. The average Bonchev–Trinajstić information content (AvgIpc) is 2.74. The van der Waals surface area contributed by atoms with Crippen LogP contribution in [0, 0.1) is 0 Å². The molecule has 0 spiro atoms. The summed E-state index contributed by atoms with van der Waals surface area (Å²) in [5, 5.41) is 2.95. The highest BCUT2D eigenvalue weighted by atomic mass is 35.5. The van der Waals surface area contributed by atoms with E-state index in [-0.39, 0.29) is 16.8 Å². The summed E-state index contributed by atoms with van der Waals surface area (Å²) in [5.74, 6) is -0.228. The molecule has 1 aliphatic heterocycles. The number of benzene rings is 2. The van der Waals surface area contributed by atoms with Crippen molar-refractivity contribution in [1.82, 2.24) is 5.32 Å². The van der Waals surface area contributed by atoms with Gasteiger partial charge < -0.3 is 9.47 Å². The van der Waals surface area contributed by atoms with E-state index in [1.54, 1.807) is 24.3 Å². The van der Waals surface area contributed by atoms with Crippen LogP contribution in [0.5, 0.6) is 11.5 Å². The lowest BCUT2D eigenvalue weighted by molar-refractivity contribution is -0.122. The van der Waals surface area contributed by atoms with Gasteiger partial charge in [-0.1, -0.05) is 30.7 Å². The number of aryl methyl sites for hydroxylation is 1. The Labute approximate surface area is 198 Å². The van der Waals surface area contributed by atoms with E-state index in [2.05, 4.69) is 5.32 Å². The van der Waals surface area contributed by atoms with Gasteiger partial charge in [0.2, 0.25) is 0 Å². The molecule has 2 aromatic rings. The molecule has 0 bridgehead atoms. The van der Waals surface area contributed by atoms with Crippen molar-refractivity contribution >= 4 is 52.5 Å². The highest BCUT2D eigenvalue weighted by molar-refractivity contribution is 7.80. The summed E-state index contributed by atoms with van der Waals surface area (Å²) in [7, 11) is 0. The van der Waals surface area contributed by atoms with E-state index < -0.39 is 11.8 Å². The minimum atomic E-state index is -0.571. The maximum absolute atomic E-state index is 13.2. The Balaban J connectivity index is 2.01. The highest BCUT2D eigenvalue weighted by Crippen LogP contribution is 2.38. The summed E-state index contributed by atoms with van der Waals surface area (Å²) < 4.78 is 11.5. The molecule has 8 heteroatoms. The number of thiocarbonyl (C=S) groups is 1. The number of hydrogen-bond donors (Lipinski definition) is 1. The molecule has 0 aliphatic carbocycles. The first-order valence-corrected chi connectivity index (χ1v) is 11.2. The fraction of sp³-hybridized carbons (Fsp3) is 0.292. The summed E-state index contributed by atoms with van der Waals surface area (Å²) >= 11 is 11.7. The van der Waals surface area contributed by atoms with Crippen LogP contribution in [-0.4, -0.2) is 29.6 Å². The van der Waals surface area contributed by atoms with Crippen LogP contribution in [0.1, 0.15) is 38.8 Å². The lowest BCUT2D eigenvalue weighted by Crippen LogP contribution is -2.54. The highest BCUT2D eigenvalue weighted by Gasteiger charge is 2.34. The number of ether oxygens (including phenoxy) is 2. The number of rotatable bonds is 7. The molecular weight excluding hydrogens is 448 g/mol. The zero-order chi connectivity index (χ0) is 23.4. The van der Waals surface area contributed by atoms with Gasteiger partial charge in [-0.25, -0.2) is 0 Å². The second-order valence-electron chi connectivity index (χ2n) is 7.41. The Hall–Kier alpha value is -2.90. The number of carbonyl (C=O) groups excluding carboxylic acids is 2. The predicted molar refractivity (Wildman–Crippen MR) is 130 cm³/mol. The summed E-state index contributed by atoms with van der Waals surface area (Å²) in [6.45, 7) is 8.07. The van der Waals surface area contributed by atoms with Crippen LogP contribution in [0.2, 0.25) is 5.02 Å². The number of anilines is 1. The van der Waals surface area contributed by atoms with Gasteiger partial charge in [-0.3, -0.25) is 19.8 Å². The molecule has 0 atom stereocenters. The smallest absolute Gasteiger partial charge is 0.270 e. The third-order valence-corrected chi connectivity index (χ3v) is 5.27. The number of nitrogens with zero attached hydrogens (tertiary/aromatic N) is 1. The number of nitrogens with one attached hydrogen (secondary N) is 1. The maximum Gasteiger partial charge on any atom is 0.270 e. The molecule has 168 valence electrons. The van der Waals surface area contributed by atoms with Crippen molar-refractivity contribution in [3.63, 3.8) is 0 Å². The Morgan fingerprint density at radius 1 is 1.16 bits per heavy atom. The summed E-state index contributed by atoms with van der Waals surface area (Å²) in [6, 6.07) is 10.8. The molecule has 0 saturated carbocycles. The second-order valence-corrected chi connectivity index (χ2v) is 8.20. The largest absolute Gasteiger partial charge is 0.490 e. The Morgan fingerprint density at radius 2 is 1.84 bits per heavy atom. The third-order valence-electron chi connectivity index (χ3n) is 4.70. The Morgan fingerprint density at radius 3 is 2.44 bits per heavy atom. The molecule has 3 rings (SSSR count). The van der Waals surface area contributed by atoms with Crippen LogP contribution in [-0.2, 0) is 16.0 Å². The topological polar surface area (TPSA) is 67.9 Å². The van der Waals surface area contributed by atoms with Crippen molar-refractivity contribution in [2.24, 2.45) is 0 Å². The van der Waals surface area contributed by atoms with Crippen LogP contribution in [0.15, 0.2) is 42.0 Å². The van der Waals surface area contributed by atoms with Gasteiger partial charge >= 0.3 is 0 Å². The first-order chi connectivity index (χ1) is 15.2. The van der Waals surface area contributed by atoms with Crippen LogP contribution < -0.4 is 19.7 Å². The van der Waals surface area contributed by atoms with Crippen LogP contribution in [0.4, 0.5) is 5.69 Å². The fourth-order valence-corrected chi connectivity index (χ4v) is 3.77. The SMILES string of the molecule is CCOc1cc(C=C2C(=O)NC(=S)N(c3ccc(CC)cc3)C2=O)cc(Cl)c1OC(C)C. The van der Waals surface area contributed by atoms with Crippen molar-refractivity contribution < 1.29 is 19.1 Å². The molecule has 1 fully saturated rings. The molecule has 0 radical (unpaired) electrons. The number of halogens is 1. The molecule has 0 unspecified atom stereocenters. The van der Waals surface area contributed by atoms with E-state index in [0.717, 1.165) is 12.0 Å². The molecule has 0 aromatic heterocycles. The van der Waals surface area contributed by atoms with Gasteiger partial charge in [-0.2, -0.15) is 0 Å². The fourth-order valence-electron chi connectivity index (χ4n) is 3.22. The molecule has 32 heavy (non-hydrogen) atoms. The van der Waals surface area contributed by atoms with E-state index >= 15 is 0 Å². The summed E-state index contributed by atoms with van der Waals surface area (Å²) in [5.41, 5.74) is 2.18. The zero-order valence-electron chi connectivity index (χ0n) is 18.4. The van der Waals surface area contributed by atoms with Crippen molar-refractivity contribution in [1.29, 1.82) is 0 Å². The third kappa shape index (κ3) is 5.11. The van der Waals surface area contributed by atoms with Crippen LogP contribution in [0.3, 0.4) is 0 Å². The Bertz CT molecular complexity index is 1080. The summed E-state index contributed by atoms with van der Waals surface area (Å²) in [4.78, 5) is 27.1. The van der Waals surface area contributed by atoms with Crippen molar-refractivity contribution in [2.75, 3.05) is 11.5 Å². The molecule has 1 N–H and O–H groups in total. The van der Waals surface area contributed by atoms with E-state index in [1.165, 1.54) is 11.0 Å². The minimum absolute atomic E-state index is 0.0371. The van der Waals surface area contributed by atoms with Gasteiger partial charge in [-0.15, -0.1) is 0 Å². The predicted octanol–water partition coefficient (Wildman–Crippen LogP) is 4.92. The zero-order valence-corrected chi connectivity index (χ0v) is 20.0. The van der Waals surface area contributed by atoms with Crippen molar-refractivity contribution in [3.8, 4) is 11.5 Å². The molecule has 6 nitrogen and oxygen atoms in total. The first-order valence-electron chi connectivity index (χ1n) is 10.4. The van der Waals surface area contributed by atoms with Gasteiger partial charge in [0.15, 0.2) is 16.6 Å². The van der Waals surface area contributed by atoms with Gasteiger partial charge in [0.1, 0.15) is 5.57 Å². The van der Waals surface area contributed by atoms with Crippen LogP contribution >= 0.6 is 23.8 Å². The molecule has 2 amide bonds. The molecule has 1 saturated heterocycles. The molecule has 2 aromatic carbocycles. The lowest BCUT2D eigenvalue weighted by atomic mass is 10.1. The van der Waals surface area contributed by atoms with E-state index in [4.69, 9.17) is 33.3 Å². The average molecular weight is 473 g/mol. The van der Waals surface area contributed by atoms with Gasteiger partial charge in [0.25, 0.3) is 11.8 Å². The molecular formula is C24H25ClN2O4S. The molecule has 1 heterocycles. The summed E-state index contributed by atoms with van der Waals surface area (Å²) in [6.07, 6.45) is 2.25. The van der Waals surface area contributed by atoms with E-state index in [0.29, 0.717) is 34.4 Å². The number of amides is 2. The van der Waals surface area contributed by atoms with E-state index in [1.807, 2.05) is 39.8 Å².